The van der Waals surface area contributed by atoms with Crippen molar-refractivity contribution in [2.45, 2.75) is 52.0 Å². The summed E-state index contributed by atoms with van der Waals surface area (Å²) in [7, 11) is 0. The van der Waals surface area contributed by atoms with Crippen LogP contribution in [0.5, 0.6) is 0 Å². The van der Waals surface area contributed by atoms with Crippen LogP contribution in [0.3, 0.4) is 0 Å². The number of benzene rings is 2. The lowest BCUT2D eigenvalue weighted by molar-refractivity contribution is -0.385. The van der Waals surface area contributed by atoms with Crippen LogP contribution in [0.15, 0.2) is 36.4 Å². The monoisotopic (exact) mass is 352 g/mol. The molecule has 1 aliphatic rings. The zero-order valence-electron chi connectivity index (χ0n) is 15.2. The molecule has 2 aromatic rings. The first kappa shape index (κ1) is 18.1. The van der Waals surface area contributed by atoms with Gasteiger partial charge in [-0.05, 0) is 61.8 Å². The Morgan fingerprint density at radius 3 is 2.58 bits per heavy atom. The molecular weight excluding hydrogens is 328 g/mol. The van der Waals surface area contributed by atoms with E-state index < -0.39 is 4.92 Å². The first-order valence-corrected chi connectivity index (χ1v) is 9.17. The van der Waals surface area contributed by atoms with Gasteiger partial charge < -0.3 is 5.32 Å². The van der Waals surface area contributed by atoms with E-state index in [1.807, 2.05) is 6.92 Å². The highest BCUT2D eigenvalue weighted by molar-refractivity contribution is 5.95. The summed E-state index contributed by atoms with van der Waals surface area (Å²) in [6.07, 6.45) is 5.45. The van der Waals surface area contributed by atoms with Gasteiger partial charge in [0.1, 0.15) is 0 Å². The average Bonchev–Trinajstić information content (AvgIpc) is 2.65. The van der Waals surface area contributed by atoms with Crippen molar-refractivity contribution in [2.24, 2.45) is 0 Å². The maximum atomic E-state index is 12.6. The summed E-state index contributed by atoms with van der Waals surface area (Å²) in [5, 5.41) is 14.1. The van der Waals surface area contributed by atoms with E-state index in [1.165, 1.54) is 30.0 Å². The molecule has 136 valence electrons. The van der Waals surface area contributed by atoms with E-state index in [1.54, 1.807) is 19.1 Å². The summed E-state index contributed by atoms with van der Waals surface area (Å²) in [6.45, 7) is 3.70. The molecule has 0 bridgehead atoms. The van der Waals surface area contributed by atoms with Crippen LogP contribution >= 0.6 is 0 Å². The molecule has 3 rings (SSSR count). The highest BCUT2D eigenvalue weighted by Gasteiger charge is 2.19. The number of nitro groups is 1. The number of aryl methyl sites for hydroxylation is 3. The van der Waals surface area contributed by atoms with Crippen molar-refractivity contribution in [2.75, 3.05) is 0 Å². The van der Waals surface area contributed by atoms with Crippen LogP contribution in [0.4, 0.5) is 5.69 Å². The van der Waals surface area contributed by atoms with E-state index in [4.69, 9.17) is 0 Å². The predicted molar refractivity (Wildman–Crippen MR) is 101 cm³/mol. The molecular formula is C21H24N2O3. The quantitative estimate of drug-likeness (QED) is 0.628. The molecule has 1 N–H and O–H groups in total. The number of fused-ring (bicyclic) bond motifs is 1. The molecule has 5 heteroatoms. The molecule has 1 aliphatic carbocycles. The summed E-state index contributed by atoms with van der Waals surface area (Å²) in [4.78, 5) is 23.3. The minimum absolute atomic E-state index is 0.0283. The van der Waals surface area contributed by atoms with Crippen molar-refractivity contribution >= 4 is 11.6 Å². The third-order valence-corrected chi connectivity index (χ3v) is 5.16. The highest BCUT2D eigenvalue weighted by Crippen LogP contribution is 2.26. The van der Waals surface area contributed by atoms with Crippen LogP contribution in [0.25, 0.3) is 0 Å². The van der Waals surface area contributed by atoms with Gasteiger partial charge in [0.25, 0.3) is 11.6 Å². The van der Waals surface area contributed by atoms with Gasteiger partial charge in [-0.25, -0.2) is 0 Å². The SMILES string of the molecule is CC[C@@H](NC(=O)c1ccc(C)c([N+](=O)[O-])c1)c1ccc2c(c1)CCCC2. The molecule has 0 radical (unpaired) electrons. The van der Waals surface area contributed by atoms with Crippen LogP contribution in [0, 0.1) is 17.0 Å². The minimum atomic E-state index is -0.451. The first-order chi connectivity index (χ1) is 12.5. The Hall–Kier alpha value is -2.69. The van der Waals surface area contributed by atoms with Gasteiger partial charge in [-0.15, -0.1) is 0 Å². The molecule has 1 amide bonds. The van der Waals surface area contributed by atoms with E-state index in [0.717, 1.165) is 24.8 Å². The van der Waals surface area contributed by atoms with Gasteiger partial charge in [-0.3, -0.25) is 14.9 Å². The molecule has 1 atom stereocenters. The summed E-state index contributed by atoms with van der Waals surface area (Å²) in [5.74, 6) is -0.280. The van der Waals surface area contributed by atoms with Crippen LogP contribution in [-0.2, 0) is 12.8 Å². The second-order valence-corrected chi connectivity index (χ2v) is 6.93. The molecule has 0 spiro atoms. The van der Waals surface area contributed by atoms with Gasteiger partial charge >= 0.3 is 0 Å². The molecule has 26 heavy (non-hydrogen) atoms. The second-order valence-electron chi connectivity index (χ2n) is 6.93. The number of nitrogens with one attached hydrogen (secondary N) is 1. The number of amides is 1. The van der Waals surface area contributed by atoms with Crippen LogP contribution in [0.1, 0.15) is 64.8 Å². The van der Waals surface area contributed by atoms with Crippen molar-refractivity contribution in [3.63, 3.8) is 0 Å². The number of rotatable bonds is 5. The standard InChI is InChI=1S/C21H24N2O3/c1-3-19(17-11-10-15-6-4-5-7-16(15)12-17)22-21(24)18-9-8-14(2)20(13-18)23(25)26/h8-13,19H,3-7H2,1-2H3,(H,22,24)/t19-/m1/s1. The fourth-order valence-corrected chi connectivity index (χ4v) is 3.58. The normalized spacial score (nSPS) is 14.4. The molecule has 0 heterocycles. The van der Waals surface area contributed by atoms with Crippen molar-refractivity contribution in [3.8, 4) is 0 Å². The highest BCUT2D eigenvalue weighted by atomic mass is 16.6. The Morgan fingerprint density at radius 1 is 1.15 bits per heavy atom. The molecule has 5 nitrogen and oxygen atoms in total. The first-order valence-electron chi connectivity index (χ1n) is 9.17. The lowest BCUT2D eigenvalue weighted by Gasteiger charge is -2.22. The van der Waals surface area contributed by atoms with Gasteiger partial charge in [-0.2, -0.15) is 0 Å². The van der Waals surface area contributed by atoms with Gasteiger partial charge in [0, 0.05) is 17.2 Å². The number of hydrogen-bond donors (Lipinski definition) is 1. The van der Waals surface area contributed by atoms with E-state index in [9.17, 15) is 14.9 Å². The zero-order chi connectivity index (χ0) is 18.7. The molecule has 0 saturated heterocycles. The minimum Gasteiger partial charge on any atom is -0.345 e. The number of carbonyl (C=O) groups is 1. The third-order valence-electron chi connectivity index (χ3n) is 5.16. The van der Waals surface area contributed by atoms with Crippen LogP contribution < -0.4 is 5.32 Å². The summed E-state index contributed by atoms with van der Waals surface area (Å²) < 4.78 is 0. The molecule has 2 aromatic carbocycles. The summed E-state index contributed by atoms with van der Waals surface area (Å²) in [5.41, 5.74) is 4.73. The summed E-state index contributed by atoms with van der Waals surface area (Å²) in [6, 6.07) is 11.0. The topological polar surface area (TPSA) is 72.2 Å². The Kier molecular flexibility index (Phi) is 5.35. The number of hydrogen-bond acceptors (Lipinski definition) is 3. The molecule has 0 aliphatic heterocycles. The Bertz CT molecular complexity index is 845. The zero-order valence-corrected chi connectivity index (χ0v) is 15.2. The van der Waals surface area contributed by atoms with E-state index in [-0.39, 0.29) is 17.6 Å². The van der Waals surface area contributed by atoms with Crippen molar-refractivity contribution in [3.05, 3.63) is 74.3 Å². The number of carbonyl (C=O) groups excluding carboxylic acids is 1. The summed E-state index contributed by atoms with van der Waals surface area (Å²) >= 11 is 0. The molecule has 0 aromatic heterocycles. The maximum absolute atomic E-state index is 12.6. The van der Waals surface area contributed by atoms with Crippen molar-refractivity contribution < 1.29 is 9.72 Å². The van der Waals surface area contributed by atoms with Crippen molar-refractivity contribution in [1.82, 2.24) is 5.32 Å². The second kappa shape index (κ2) is 7.68. The van der Waals surface area contributed by atoms with Gasteiger partial charge in [-0.1, -0.05) is 31.2 Å². The fourth-order valence-electron chi connectivity index (χ4n) is 3.58. The third kappa shape index (κ3) is 3.77. The van der Waals surface area contributed by atoms with Gasteiger partial charge in [0.15, 0.2) is 0 Å². The molecule has 0 fully saturated rings. The van der Waals surface area contributed by atoms with E-state index in [2.05, 4.69) is 23.5 Å². The largest absolute Gasteiger partial charge is 0.345 e. The fraction of sp³-hybridized carbons (Fsp3) is 0.381. The Morgan fingerprint density at radius 2 is 1.88 bits per heavy atom. The predicted octanol–water partition coefficient (Wildman–Crippen LogP) is 4.66. The lowest BCUT2D eigenvalue weighted by Crippen LogP contribution is -2.28. The molecule has 0 saturated carbocycles. The average molecular weight is 352 g/mol. The van der Waals surface area contributed by atoms with Gasteiger partial charge in [0.05, 0.1) is 11.0 Å². The smallest absolute Gasteiger partial charge is 0.273 e. The Labute approximate surface area is 153 Å². The molecule has 0 unspecified atom stereocenters. The lowest BCUT2D eigenvalue weighted by atomic mass is 9.88. The Balaban J connectivity index is 1.81. The van der Waals surface area contributed by atoms with Gasteiger partial charge in [0.2, 0.25) is 0 Å². The van der Waals surface area contributed by atoms with Crippen LogP contribution in [0.2, 0.25) is 0 Å². The number of nitro benzene ring substituents is 1. The van der Waals surface area contributed by atoms with Crippen LogP contribution in [-0.4, -0.2) is 10.8 Å². The number of nitrogens with zero attached hydrogens (tertiary/aromatic N) is 1. The van der Waals surface area contributed by atoms with Crippen molar-refractivity contribution in [1.29, 1.82) is 0 Å². The van der Waals surface area contributed by atoms with E-state index >= 15 is 0 Å². The maximum Gasteiger partial charge on any atom is 0.273 e. The van der Waals surface area contributed by atoms with E-state index in [0.29, 0.717) is 11.1 Å².